The summed E-state index contributed by atoms with van der Waals surface area (Å²) in [6.07, 6.45) is 6.04. The number of thiazole rings is 1. The number of rotatable bonds is 0. The van der Waals surface area contributed by atoms with Crippen LogP contribution in [0, 0.1) is 5.26 Å². The second kappa shape index (κ2) is 2.16. The zero-order valence-electron chi connectivity index (χ0n) is 5.30. The Balaban J connectivity index is 2.83. The van der Waals surface area contributed by atoms with Crippen LogP contribution in [0.2, 0.25) is 0 Å². The van der Waals surface area contributed by atoms with E-state index in [2.05, 4.69) is 4.98 Å². The molecular formula is C7H6FNS. The van der Waals surface area contributed by atoms with E-state index >= 15 is 0 Å². The number of fused-ring (bicyclic) bond motifs is 1. The molecule has 0 spiro atoms. The molecule has 0 aliphatic heterocycles. The Morgan fingerprint density at radius 3 is 3.00 bits per heavy atom. The van der Waals surface area contributed by atoms with Crippen molar-refractivity contribution in [3.05, 3.63) is 15.1 Å². The van der Waals surface area contributed by atoms with Gasteiger partial charge in [-0.15, -0.1) is 0 Å². The first kappa shape index (κ1) is 6.04. The second-order valence-corrected chi connectivity index (χ2v) is 3.18. The molecule has 1 heterocycles. The molecule has 52 valence electrons. The van der Waals surface area contributed by atoms with Crippen LogP contribution in [0.3, 0.4) is 0 Å². The van der Waals surface area contributed by atoms with E-state index in [1.807, 2.05) is 12.2 Å². The molecule has 0 bridgehead atoms. The van der Waals surface area contributed by atoms with Gasteiger partial charge in [-0.25, -0.2) is 4.98 Å². The van der Waals surface area contributed by atoms with Gasteiger partial charge in [0.2, 0.25) is 0 Å². The highest BCUT2D eigenvalue weighted by molar-refractivity contribution is 7.07. The molecule has 2 rings (SSSR count). The fourth-order valence-corrected chi connectivity index (χ4v) is 1.80. The summed E-state index contributed by atoms with van der Waals surface area (Å²) in [5, 5.41) is 0.508. The first-order valence-electron chi connectivity index (χ1n) is 3.19. The monoisotopic (exact) mass is 155 g/mol. The normalized spacial score (nSPS) is 15.3. The molecule has 1 nitrogen and oxygen atoms in total. The quantitative estimate of drug-likeness (QED) is 0.535. The lowest BCUT2D eigenvalue weighted by atomic mass is 10.2. The largest absolute Gasteiger partial charge is 0.270 e. The van der Waals surface area contributed by atoms with E-state index in [1.54, 1.807) is 0 Å². The first-order chi connectivity index (χ1) is 4.86. The van der Waals surface area contributed by atoms with Crippen LogP contribution in [-0.2, 0) is 0 Å². The van der Waals surface area contributed by atoms with Crippen molar-refractivity contribution in [2.24, 2.45) is 0 Å². The summed E-state index contributed by atoms with van der Waals surface area (Å²) in [7, 11) is 0. The van der Waals surface area contributed by atoms with Gasteiger partial charge in [-0.3, -0.25) is 0 Å². The van der Waals surface area contributed by atoms with Crippen LogP contribution in [0.1, 0.15) is 12.8 Å². The van der Waals surface area contributed by atoms with Gasteiger partial charge >= 0.3 is 0 Å². The Bertz CT molecular complexity index is 319. The molecule has 1 aliphatic rings. The van der Waals surface area contributed by atoms with Crippen LogP contribution in [0.15, 0.2) is 0 Å². The topological polar surface area (TPSA) is 12.9 Å². The van der Waals surface area contributed by atoms with Crippen molar-refractivity contribution in [1.82, 2.24) is 4.98 Å². The van der Waals surface area contributed by atoms with Crippen molar-refractivity contribution in [3.63, 3.8) is 0 Å². The van der Waals surface area contributed by atoms with Crippen molar-refractivity contribution in [3.8, 4) is 0 Å². The lowest BCUT2D eigenvalue weighted by molar-refractivity contribution is 0.614. The van der Waals surface area contributed by atoms with Crippen LogP contribution < -0.4 is 9.88 Å². The van der Waals surface area contributed by atoms with Crippen LogP contribution in [0.5, 0.6) is 0 Å². The molecular weight excluding hydrogens is 149 g/mol. The predicted octanol–water partition coefficient (Wildman–Crippen LogP) is 0.637. The Kier molecular flexibility index (Phi) is 1.31. The fourth-order valence-electron chi connectivity index (χ4n) is 1.04. The van der Waals surface area contributed by atoms with Gasteiger partial charge in [-0.05, 0) is 12.8 Å². The summed E-state index contributed by atoms with van der Waals surface area (Å²) in [6, 6.07) is 0. The van der Waals surface area contributed by atoms with Gasteiger partial charge in [0.15, 0.2) is 0 Å². The number of aromatic nitrogens is 1. The van der Waals surface area contributed by atoms with Crippen molar-refractivity contribution >= 4 is 23.5 Å². The summed E-state index contributed by atoms with van der Waals surface area (Å²) in [6.45, 7) is 0. The Morgan fingerprint density at radius 1 is 1.40 bits per heavy atom. The molecule has 0 radical (unpaired) electrons. The van der Waals surface area contributed by atoms with E-state index in [1.165, 1.54) is 0 Å². The van der Waals surface area contributed by atoms with Crippen molar-refractivity contribution in [2.75, 3.05) is 0 Å². The zero-order valence-corrected chi connectivity index (χ0v) is 6.12. The van der Waals surface area contributed by atoms with E-state index in [0.717, 1.165) is 34.1 Å². The SMILES string of the molecule is Fc1nc2c(s1)=CCCC=2. The maximum Gasteiger partial charge on any atom is 0.270 e. The van der Waals surface area contributed by atoms with Gasteiger partial charge < -0.3 is 0 Å². The molecule has 1 aromatic rings. The summed E-state index contributed by atoms with van der Waals surface area (Å²) >= 11 is 1.13. The minimum atomic E-state index is -0.320. The molecule has 0 unspecified atom stereocenters. The number of hydrogen-bond acceptors (Lipinski definition) is 2. The third kappa shape index (κ3) is 0.865. The molecule has 0 saturated heterocycles. The van der Waals surface area contributed by atoms with Gasteiger partial charge in [0, 0.05) is 0 Å². The fraction of sp³-hybridized carbons (Fsp3) is 0.286. The van der Waals surface area contributed by atoms with Crippen molar-refractivity contribution in [2.45, 2.75) is 12.8 Å². The summed E-state index contributed by atoms with van der Waals surface area (Å²) in [5.74, 6) is 0. The van der Waals surface area contributed by atoms with E-state index in [4.69, 9.17) is 0 Å². The smallest absolute Gasteiger partial charge is 0.210 e. The summed E-state index contributed by atoms with van der Waals surface area (Å²) < 4.78 is 13.4. The number of nitrogens with zero attached hydrogens (tertiary/aromatic N) is 1. The van der Waals surface area contributed by atoms with Crippen molar-refractivity contribution < 1.29 is 4.39 Å². The van der Waals surface area contributed by atoms with E-state index in [9.17, 15) is 4.39 Å². The molecule has 0 aromatic carbocycles. The maximum absolute atomic E-state index is 12.5. The Hall–Kier alpha value is -0.700. The minimum absolute atomic E-state index is 0.320. The van der Waals surface area contributed by atoms with Gasteiger partial charge in [-0.2, -0.15) is 4.39 Å². The summed E-state index contributed by atoms with van der Waals surface area (Å²) in [4.78, 5) is 3.72. The molecule has 1 aliphatic carbocycles. The molecule has 3 heteroatoms. The second-order valence-electron chi connectivity index (χ2n) is 2.20. The third-order valence-corrected chi connectivity index (χ3v) is 2.34. The lowest BCUT2D eigenvalue weighted by Crippen LogP contribution is -2.22. The van der Waals surface area contributed by atoms with Gasteiger partial charge in [0.25, 0.3) is 5.26 Å². The molecule has 0 fully saturated rings. The minimum Gasteiger partial charge on any atom is -0.210 e. The van der Waals surface area contributed by atoms with Crippen LogP contribution in [0.4, 0.5) is 4.39 Å². The highest BCUT2D eigenvalue weighted by atomic mass is 32.1. The van der Waals surface area contributed by atoms with E-state index < -0.39 is 0 Å². The molecule has 0 N–H and O–H groups in total. The van der Waals surface area contributed by atoms with Gasteiger partial charge in [-0.1, -0.05) is 23.5 Å². The van der Waals surface area contributed by atoms with Gasteiger partial charge in [0.05, 0.1) is 9.88 Å². The van der Waals surface area contributed by atoms with E-state index in [0.29, 0.717) is 0 Å². The van der Waals surface area contributed by atoms with Crippen LogP contribution in [-0.4, -0.2) is 4.98 Å². The zero-order chi connectivity index (χ0) is 6.97. The van der Waals surface area contributed by atoms with Crippen LogP contribution in [0.25, 0.3) is 12.2 Å². The average Bonchev–Trinajstić information content (AvgIpc) is 2.27. The Morgan fingerprint density at radius 2 is 2.20 bits per heavy atom. The molecule has 0 atom stereocenters. The van der Waals surface area contributed by atoms with E-state index in [-0.39, 0.29) is 5.26 Å². The highest BCUT2D eigenvalue weighted by Crippen LogP contribution is 1.98. The van der Waals surface area contributed by atoms with Gasteiger partial charge in [0.1, 0.15) is 0 Å². The number of hydrogen-bond donors (Lipinski definition) is 0. The third-order valence-electron chi connectivity index (χ3n) is 1.49. The number of halogens is 1. The average molecular weight is 155 g/mol. The molecule has 0 amide bonds. The molecule has 0 saturated carbocycles. The lowest BCUT2D eigenvalue weighted by Gasteiger charge is -1.89. The summed E-state index contributed by atoms with van der Waals surface area (Å²) in [5.41, 5.74) is 0. The molecule has 1 aromatic heterocycles. The first-order valence-corrected chi connectivity index (χ1v) is 4.00. The van der Waals surface area contributed by atoms with Crippen LogP contribution >= 0.6 is 11.3 Å². The maximum atomic E-state index is 12.5. The Labute approximate surface area is 61.5 Å². The van der Waals surface area contributed by atoms with Crippen molar-refractivity contribution in [1.29, 1.82) is 0 Å². The predicted molar refractivity (Wildman–Crippen MR) is 39.5 cm³/mol. The standard InChI is InChI=1S/C7H6FNS/c8-7-9-5-3-1-2-4-6(5)10-7/h3-4H,1-2H2. The highest BCUT2D eigenvalue weighted by Gasteiger charge is 1.99. The molecule has 10 heavy (non-hydrogen) atoms.